The van der Waals surface area contributed by atoms with Gasteiger partial charge in [0.25, 0.3) is 5.56 Å². The zero-order valence-corrected chi connectivity index (χ0v) is 22.7. The van der Waals surface area contributed by atoms with Gasteiger partial charge in [-0.2, -0.15) is 0 Å². The maximum Gasteiger partial charge on any atom is 0.335 e. The summed E-state index contributed by atoms with van der Waals surface area (Å²) in [6.07, 6.45) is 2.18. The summed E-state index contributed by atoms with van der Waals surface area (Å²) in [6, 6.07) is 17.4. The molecule has 3 N–H and O–H groups in total. The van der Waals surface area contributed by atoms with Crippen molar-refractivity contribution in [3.05, 3.63) is 93.4 Å². The summed E-state index contributed by atoms with van der Waals surface area (Å²) >= 11 is 0. The van der Waals surface area contributed by atoms with Gasteiger partial charge >= 0.3 is 5.97 Å². The Hall–Kier alpha value is -4.46. The highest BCUT2D eigenvalue weighted by Gasteiger charge is 2.37. The first-order chi connectivity index (χ1) is 18.4. The first-order valence-electron chi connectivity index (χ1n) is 12.9. The number of phenolic OH excluding ortho intramolecular Hbond substituents is 1. The molecule has 0 fully saturated rings. The van der Waals surface area contributed by atoms with Gasteiger partial charge in [-0.05, 0) is 77.6 Å². The molecule has 39 heavy (non-hydrogen) atoms. The van der Waals surface area contributed by atoms with E-state index in [1.54, 1.807) is 37.3 Å². The molecule has 0 unspecified atom stereocenters. The number of hydrogen-bond donors (Lipinski definition) is 3. The number of carboxylic acids is 1. The predicted molar refractivity (Wildman–Crippen MR) is 151 cm³/mol. The second-order valence-corrected chi connectivity index (χ2v) is 11.5. The Labute approximate surface area is 226 Å². The monoisotopic (exact) mass is 524 g/mol. The van der Waals surface area contributed by atoms with Gasteiger partial charge in [-0.15, -0.1) is 10.2 Å². The first-order valence-corrected chi connectivity index (χ1v) is 12.9. The van der Waals surface area contributed by atoms with Crippen LogP contribution in [-0.4, -0.2) is 26.0 Å². The third kappa shape index (κ3) is 4.67. The molecule has 1 heterocycles. The highest BCUT2D eigenvalue weighted by Crippen LogP contribution is 2.46. The minimum atomic E-state index is -1.06. The quantitative estimate of drug-likeness (QED) is 0.237. The molecule has 0 bridgehead atoms. The summed E-state index contributed by atoms with van der Waals surface area (Å²) in [5.41, 5.74) is 4.93. The van der Waals surface area contributed by atoms with Crippen LogP contribution in [0, 0.1) is 6.92 Å². The average molecular weight is 525 g/mol. The minimum absolute atomic E-state index is 0.00116. The van der Waals surface area contributed by atoms with Crippen molar-refractivity contribution in [3.8, 4) is 22.6 Å². The molecule has 0 aliphatic heterocycles. The van der Waals surface area contributed by atoms with E-state index in [2.05, 4.69) is 55.2 Å². The van der Waals surface area contributed by atoms with E-state index >= 15 is 0 Å². The van der Waals surface area contributed by atoms with E-state index in [0.717, 1.165) is 18.5 Å². The van der Waals surface area contributed by atoms with Gasteiger partial charge in [-0.3, -0.25) is 9.89 Å². The number of H-pyrrole nitrogens is 1. The molecule has 0 saturated carbocycles. The van der Waals surface area contributed by atoms with Crippen molar-refractivity contribution < 1.29 is 15.0 Å². The van der Waals surface area contributed by atoms with E-state index in [4.69, 9.17) is 0 Å². The molecule has 4 aromatic rings. The number of phenols is 1. The Morgan fingerprint density at radius 2 is 1.62 bits per heavy atom. The van der Waals surface area contributed by atoms with Gasteiger partial charge in [0.05, 0.1) is 16.9 Å². The highest BCUT2D eigenvalue weighted by atomic mass is 16.4. The number of para-hydroxylation sites is 1. The maximum absolute atomic E-state index is 13.4. The fourth-order valence-corrected chi connectivity index (χ4v) is 5.32. The number of aromatic carboxylic acids is 1. The van der Waals surface area contributed by atoms with Crippen molar-refractivity contribution >= 4 is 17.3 Å². The molecular formula is C31H32N4O4. The second kappa shape index (κ2) is 9.38. The zero-order chi connectivity index (χ0) is 28.1. The van der Waals surface area contributed by atoms with Crippen molar-refractivity contribution in [1.82, 2.24) is 9.78 Å². The second-order valence-electron chi connectivity index (χ2n) is 11.5. The lowest BCUT2D eigenvalue weighted by atomic mass is 9.63. The van der Waals surface area contributed by atoms with E-state index in [1.165, 1.54) is 27.9 Å². The molecular weight excluding hydrogens is 492 g/mol. The number of carbonyl (C=O) groups is 1. The molecule has 0 saturated heterocycles. The summed E-state index contributed by atoms with van der Waals surface area (Å²) in [5.74, 6) is -1.21. The summed E-state index contributed by atoms with van der Waals surface area (Å²) in [5, 5.41) is 31.7. The van der Waals surface area contributed by atoms with E-state index in [1.807, 2.05) is 6.07 Å². The lowest BCUT2D eigenvalue weighted by Crippen LogP contribution is -2.34. The normalized spacial score (nSPS) is 15.8. The number of aromatic hydroxyl groups is 1. The molecule has 0 amide bonds. The summed E-state index contributed by atoms with van der Waals surface area (Å²) in [7, 11) is 0. The topological polar surface area (TPSA) is 120 Å². The minimum Gasteiger partial charge on any atom is -0.505 e. The number of hydrogen-bond acceptors (Lipinski definition) is 5. The predicted octanol–water partition coefficient (Wildman–Crippen LogP) is 7.31. The number of nitrogens with one attached hydrogen (secondary N) is 1. The molecule has 0 radical (unpaired) electrons. The zero-order valence-electron chi connectivity index (χ0n) is 22.7. The van der Waals surface area contributed by atoms with Crippen LogP contribution in [0.15, 0.2) is 75.7 Å². The molecule has 0 spiro atoms. The number of benzene rings is 3. The molecule has 8 heteroatoms. The van der Waals surface area contributed by atoms with Gasteiger partial charge in [-0.1, -0.05) is 58.0 Å². The van der Waals surface area contributed by atoms with Gasteiger partial charge in [0.15, 0.2) is 11.4 Å². The van der Waals surface area contributed by atoms with Gasteiger partial charge in [0.2, 0.25) is 0 Å². The van der Waals surface area contributed by atoms with Gasteiger partial charge in [0.1, 0.15) is 5.69 Å². The van der Waals surface area contributed by atoms with Gasteiger partial charge < -0.3 is 10.2 Å². The van der Waals surface area contributed by atoms with Crippen LogP contribution in [0.5, 0.6) is 5.75 Å². The van der Waals surface area contributed by atoms with E-state index in [9.17, 15) is 19.8 Å². The van der Waals surface area contributed by atoms with Crippen molar-refractivity contribution in [2.75, 3.05) is 0 Å². The van der Waals surface area contributed by atoms with E-state index in [0.29, 0.717) is 16.8 Å². The number of azo groups is 1. The third-order valence-corrected chi connectivity index (χ3v) is 7.83. The summed E-state index contributed by atoms with van der Waals surface area (Å²) in [6.45, 7) is 10.8. The Morgan fingerprint density at radius 1 is 0.923 bits per heavy atom. The first kappa shape index (κ1) is 26.2. The van der Waals surface area contributed by atoms with Crippen LogP contribution in [0.4, 0.5) is 11.4 Å². The number of rotatable bonds is 5. The van der Waals surface area contributed by atoms with Crippen LogP contribution in [0.2, 0.25) is 0 Å². The van der Waals surface area contributed by atoms with Crippen LogP contribution >= 0.6 is 0 Å². The summed E-state index contributed by atoms with van der Waals surface area (Å²) < 4.78 is 1.48. The van der Waals surface area contributed by atoms with Crippen LogP contribution in [-0.2, 0) is 10.8 Å². The average Bonchev–Trinajstić information content (AvgIpc) is 3.19. The molecule has 200 valence electrons. The van der Waals surface area contributed by atoms with Crippen LogP contribution in [0.3, 0.4) is 0 Å². The van der Waals surface area contributed by atoms with Crippen LogP contribution < -0.4 is 5.56 Å². The molecule has 1 aliphatic carbocycles. The van der Waals surface area contributed by atoms with Crippen LogP contribution in [0.1, 0.15) is 67.7 Å². The molecule has 0 atom stereocenters. The smallest absolute Gasteiger partial charge is 0.335 e. The lowest BCUT2D eigenvalue weighted by Gasteiger charge is -2.42. The van der Waals surface area contributed by atoms with Gasteiger partial charge in [-0.25, -0.2) is 9.48 Å². The molecule has 1 aromatic heterocycles. The SMILES string of the molecule is Cc1[nH]n(-c2ccc3c(c2)C(C)(C)CCC3(C)C)c(=O)c1N=Nc1cccc(-c2cccc(C(=O)O)c2)c1O. The molecule has 1 aliphatic rings. The number of aromatic amines is 1. The van der Waals surface area contributed by atoms with Crippen molar-refractivity contribution in [3.63, 3.8) is 0 Å². The Morgan fingerprint density at radius 3 is 2.33 bits per heavy atom. The maximum atomic E-state index is 13.4. The number of nitrogens with zero attached hydrogens (tertiary/aromatic N) is 3. The third-order valence-electron chi connectivity index (χ3n) is 7.83. The summed E-state index contributed by atoms with van der Waals surface area (Å²) in [4.78, 5) is 24.8. The fourth-order valence-electron chi connectivity index (χ4n) is 5.32. The molecule has 5 rings (SSSR count). The standard InChI is InChI=1S/C31H32N4O4/c1-18-26(33-32-25-11-7-10-22(27(25)36)19-8-6-9-20(16-19)29(38)39)28(37)35(34-18)21-12-13-23-24(17-21)31(4,5)15-14-30(23,2)3/h6-13,16-17,34,36H,14-15H2,1-5H3,(H,38,39). The van der Waals surface area contributed by atoms with E-state index < -0.39 is 5.97 Å². The van der Waals surface area contributed by atoms with E-state index in [-0.39, 0.29) is 39.1 Å². The number of aryl methyl sites for hydroxylation is 1. The fraction of sp³-hybridized carbons (Fsp3) is 0.290. The van der Waals surface area contributed by atoms with Crippen LogP contribution in [0.25, 0.3) is 16.8 Å². The van der Waals surface area contributed by atoms with Crippen molar-refractivity contribution in [2.24, 2.45) is 10.2 Å². The number of carboxylic acid groups (broad SMARTS) is 1. The lowest BCUT2D eigenvalue weighted by molar-refractivity contribution is 0.0697. The highest BCUT2D eigenvalue weighted by molar-refractivity contribution is 5.90. The number of aromatic nitrogens is 2. The molecule has 3 aromatic carbocycles. The van der Waals surface area contributed by atoms with Crippen molar-refractivity contribution in [1.29, 1.82) is 0 Å². The van der Waals surface area contributed by atoms with Gasteiger partial charge in [0, 0.05) is 5.56 Å². The number of fused-ring (bicyclic) bond motifs is 1. The molecule has 8 nitrogen and oxygen atoms in total. The Kier molecular flexibility index (Phi) is 6.29. The Bertz CT molecular complexity index is 1690. The largest absolute Gasteiger partial charge is 0.505 e. The Balaban J connectivity index is 1.51. The van der Waals surface area contributed by atoms with Crippen molar-refractivity contribution in [2.45, 2.75) is 58.3 Å².